The van der Waals surface area contributed by atoms with Gasteiger partial charge in [0.25, 0.3) is 0 Å². The monoisotopic (exact) mass is 398 g/mol. The van der Waals surface area contributed by atoms with Crippen molar-refractivity contribution in [3.8, 4) is 17.1 Å². The fraction of sp³-hybridized carbons (Fsp3) is 0.368. The van der Waals surface area contributed by atoms with Crippen molar-refractivity contribution in [3.63, 3.8) is 0 Å². The van der Waals surface area contributed by atoms with Crippen molar-refractivity contribution >= 4 is 26.8 Å². The summed E-state index contributed by atoms with van der Waals surface area (Å²) in [4.78, 5) is 5.71. The number of piperidine rings is 3. The number of halogens is 1. The summed E-state index contributed by atoms with van der Waals surface area (Å²) in [6, 6.07) is 10.2. The highest BCUT2D eigenvalue weighted by Gasteiger charge is 2.35. The maximum Gasteiger partial charge on any atom is 0.233 e. The van der Waals surface area contributed by atoms with Crippen LogP contribution in [0.5, 0.6) is 5.88 Å². The highest BCUT2D eigenvalue weighted by Crippen LogP contribution is 2.31. The van der Waals surface area contributed by atoms with Crippen LogP contribution in [0.1, 0.15) is 12.8 Å². The number of aromatic nitrogens is 3. The highest BCUT2D eigenvalue weighted by molar-refractivity contribution is 9.10. The van der Waals surface area contributed by atoms with E-state index in [0.717, 1.165) is 33.2 Å². The summed E-state index contributed by atoms with van der Waals surface area (Å²) in [5, 5.41) is 9.84. The van der Waals surface area contributed by atoms with E-state index in [1.807, 2.05) is 18.3 Å². The molecule has 0 unspecified atom stereocenters. The Morgan fingerprint density at radius 2 is 2.00 bits per heavy atom. The zero-order valence-corrected chi connectivity index (χ0v) is 15.4. The van der Waals surface area contributed by atoms with E-state index in [0.29, 0.717) is 11.8 Å². The molecule has 3 saturated heterocycles. The SMILES string of the molecule is Brc1c[nH]c2ccc(-c3ccc(O[C@H]4CN5CCC4CC5)nn3)cc12. The van der Waals surface area contributed by atoms with Gasteiger partial charge in [0.15, 0.2) is 0 Å². The molecule has 2 aromatic heterocycles. The average molecular weight is 399 g/mol. The molecule has 0 radical (unpaired) electrons. The van der Waals surface area contributed by atoms with Crippen LogP contribution in [0.3, 0.4) is 0 Å². The van der Waals surface area contributed by atoms with Gasteiger partial charge >= 0.3 is 0 Å². The number of fused-ring (bicyclic) bond motifs is 4. The lowest BCUT2D eigenvalue weighted by atomic mass is 9.86. The Morgan fingerprint density at radius 1 is 1.12 bits per heavy atom. The summed E-state index contributed by atoms with van der Waals surface area (Å²) in [7, 11) is 0. The molecule has 3 aliphatic heterocycles. The number of nitrogens with one attached hydrogen (secondary N) is 1. The van der Waals surface area contributed by atoms with E-state index in [1.54, 1.807) is 0 Å². The molecular formula is C19H19BrN4O. The first-order valence-corrected chi connectivity index (χ1v) is 9.55. The molecule has 5 nitrogen and oxygen atoms in total. The molecule has 1 N–H and O–H groups in total. The lowest BCUT2D eigenvalue weighted by Gasteiger charge is -2.44. The molecule has 3 aliphatic rings. The van der Waals surface area contributed by atoms with Crippen molar-refractivity contribution in [2.24, 2.45) is 5.92 Å². The van der Waals surface area contributed by atoms with Crippen LogP contribution in [-0.4, -0.2) is 45.8 Å². The number of hydrogen-bond donors (Lipinski definition) is 1. The molecule has 128 valence electrons. The maximum atomic E-state index is 6.13. The standard InChI is InChI=1S/C19H19BrN4O/c20-15-10-21-17-2-1-13(9-14(15)17)16-3-4-19(23-22-16)25-18-11-24-7-5-12(18)6-8-24/h1-4,9-10,12,18,21H,5-8,11H2/t18-/m0/s1. The van der Waals surface area contributed by atoms with Gasteiger partial charge < -0.3 is 9.72 Å². The van der Waals surface area contributed by atoms with Gasteiger partial charge in [0, 0.05) is 39.7 Å². The van der Waals surface area contributed by atoms with Gasteiger partial charge in [-0.25, -0.2) is 0 Å². The molecule has 2 bridgehead atoms. The molecule has 0 aliphatic carbocycles. The molecule has 25 heavy (non-hydrogen) atoms. The second-order valence-corrected chi connectivity index (χ2v) is 7.80. The highest BCUT2D eigenvalue weighted by atomic mass is 79.9. The third-order valence-corrected chi connectivity index (χ3v) is 6.09. The molecule has 5 heterocycles. The first-order chi connectivity index (χ1) is 12.3. The second kappa shape index (κ2) is 6.11. The van der Waals surface area contributed by atoms with E-state index in [9.17, 15) is 0 Å². The van der Waals surface area contributed by atoms with Gasteiger partial charge in [-0.05, 0) is 66.0 Å². The Morgan fingerprint density at radius 3 is 2.72 bits per heavy atom. The van der Waals surface area contributed by atoms with E-state index >= 15 is 0 Å². The van der Waals surface area contributed by atoms with Crippen LogP contribution in [0.15, 0.2) is 41.0 Å². The smallest absolute Gasteiger partial charge is 0.233 e. The Kier molecular flexibility index (Phi) is 3.75. The van der Waals surface area contributed by atoms with E-state index in [-0.39, 0.29) is 6.10 Å². The summed E-state index contributed by atoms with van der Waals surface area (Å²) in [6.07, 6.45) is 4.68. The lowest BCUT2D eigenvalue weighted by Crippen LogP contribution is -2.52. The van der Waals surface area contributed by atoms with E-state index in [1.165, 1.54) is 25.9 Å². The molecule has 6 rings (SSSR count). The fourth-order valence-electron chi connectivity index (χ4n) is 3.98. The number of aromatic amines is 1. The Balaban J connectivity index is 1.36. The number of ether oxygens (including phenoxy) is 1. The van der Waals surface area contributed by atoms with Gasteiger partial charge in [-0.3, -0.25) is 4.90 Å². The molecule has 6 heteroatoms. The Bertz CT molecular complexity index is 899. The van der Waals surface area contributed by atoms with Crippen molar-refractivity contribution in [2.75, 3.05) is 19.6 Å². The number of hydrogen-bond acceptors (Lipinski definition) is 4. The first kappa shape index (κ1) is 15.3. The van der Waals surface area contributed by atoms with Crippen LogP contribution in [0.2, 0.25) is 0 Å². The number of benzene rings is 1. The minimum Gasteiger partial charge on any atom is -0.472 e. The van der Waals surface area contributed by atoms with Crippen LogP contribution in [0, 0.1) is 5.92 Å². The predicted octanol–water partition coefficient (Wildman–Crippen LogP) is 3.86. The third kappa shape index (κ3) is 2.83. The van der Waals surface area contributed by atoms with Crippen molar-refractivity contribution in [3.05, 3.63) is 41.0 Å². The molecule has 1 atom stereocenters. The summed E-state index contributed by atoms with van der Waals surface area (Å²) in [5.41, 5.74) is 3.01. The molecule has 3 fully saturated rings. The number of H-pyrrole nitrogens is 1. The van der Waals surface area contributed by atoms with Crippen LogP contribution in [0.25, 0.3) is 22.2 Å². The van der Waals surface area contributed by atoms with E-state index in [4.69, 9.17) is 4.74 Å². The van der Waals surface area contributed by atoms with Crippen molar-refractivity contribution in [1.82, 2.24) is 20.1 Å². The normalized spacial score (nSPS) is 25.4. The molecule has 0 spiro atoms. The maximum absolute atomic E-state index is 6.13. The quantitative estimate of drug-likeness (QED) is 0.727. The van der Waals surface area contributed by atoms with Gasteiger partial charge in [-0.1, -0.05) is 6.07 Å². The number of nitrogens with zero attached hydrogens (tertiary/aromatic N) is 3. The minimum atomic E-state index is 0.259. The number of rotatable bonds is 3. The third-order valence-electron chi connectivity index (χ3n) is 5.44. The summed E-state index contributed by atoms with van der Waals surface area (Å²) < 4.78 is 7.18. The van der Waals surface area contributed by atoms with Gasteiger partial charge in [0.2, 0.25) is 5.88 Å². The van der Waals surface area contributed by atoms with Crippen molar-refractivity contribution in [1.29, 1.82) is 0 Å². The molecule has 0 amide bonds. The predicted molar refractivity (Wildman–Crippen MR) is 101 cm³/mol. The largest absolute Gasteiger partial charge is 0.472 e. The molecular weight excluding hydrogens is 380 g/mol. The zero-order valence-electron chi connectivity index (χ0n) is 13.8. The summed E-state index contributed by atoms with van der Waals surface area (Å²) in [6.45, 7) is 3.45. The zero-order chi connectivity index (χ0) is 16.8. The van der Waals surface area contributed by atoms with Crippen LogP contribution in [-0.2, 0) is 0 Å². The van der Waals surface area contributed by atoms with Gasteiger partial charge in [0.05, 0.1) is 5.69 Å². The van der Waals surface area contributed by atoms with Gasteiger partial charge in [0.1, 0.15) is 6.10 Å². The lowest BCUT2D eigenvalue weighted by molar-refractivity contribution is -0.0103. The Labute approximate surface area is 154 Å². The fourth-order valence-corrected chi connectivity index (χ4v) is 4.42. The van der Waals surface area contributed by atoms with Gasteiger partial charge in [-0.2, -0.15) is 0 Å². The summed E-state index contributed by atoms with van der Waals surface area (Å²) in [5.74, 6) is 1.30. The topological polar surface area (TPSA) is 54.0 Å². The van der Waals surface area contributed by atoms with Crippen molar-refractivity contribution in [2.45, 2.75) is 18.9 Å². The van der Waals surface area contributed by atoms with Crippen LogP contribution >= 0.6 is 15.9 Å². The minimum absolute atomic E-state index is 0.259. The van der Waals surface area contributed by atoms with Crippen molar-refractivity contribution < 1.29 is 4.74 Å². The van der Waals surface area contributed by atoms with E-state index < -0.39 is 0 Å². The van der Waals surface area contributed by atoms with E-state index in [2.05, 4.69) is 54.2 Å². The van der Waals surface area contributed by atoms with Gasteiger partial charge in [-0.15, -0.1) is 10.2 Å². The van der Waals surface area contributed by atoms with Crippen LogP contribution in [0.4, 0.5) is 0 Å². The summed E-state index contributed by atoms with van der Waals surface area (Å²) >= 11 is 3.57. The average Bonchev–Trinajstić information content (AvgIpc) is 3.04. The molecule has 0 saturated carbocycles. The second-order valence-electron chi connectivity index (χ2n) is 6.95. The van der Waals surface area contributed by atoms with Crippen LogP contribution < -0.4 is 4.74 Å². The first-order valence-electron chi connectivity index (χ1n) is 8.76. The molecule has 1 aromatic carbocycles. The molecule has 3 aromatic rings. The Hall–Kier alpha value is -1.92.